The second-order valence-corrected chi connectivity index (χ2v) is 8.51. The lowest BCUT2D eigenvalue weighted by Crippen LogP contribution is -2.28. The summed E-state index contributed by atoms with van der Waals surface area (Å²) in [5.41, 5.74) is 8.47. The van der Waals surface area contributed by atoms with E-state index in [9.17, 15) is 17.6 Å². The van der Waals surface area contributed by atoms with Crippen molar-refractivity contribution in [3.05, 3.63) is 54.0 Å². The number of nitrogens with zero attached hydrogens (tertiary/aromatic N) is 5. The molecule has 0 aliphatic carbocycles. The topological polar surface area (TPSA) is 81.6 Å². The minimum absolute atomic E-state index is 0.147. The standard InChI is InChI=1S/C23H22F4N6O/c1-13(32-7-6-16(28)11-32)15-3-5-21-30-31-22(33(21)10-15)18-4-2-14-8-17(24)20(9-19(14)29-18)34-12-23(25,26)27/h2-5,8-10,13,16H,6-7,11-12,28H2,1H3/t13-,16-/m0/s1. The minimum atomic E-state index is -4.58. The minimum Gasteiger partial charge on any atom is -0.481 e. The molecule has 5 rings (SSSR count). The molecule has 4 heterocycles. The van der Waals surface area contributed by atoms with Crippen LogP contribution < -0.4 is 10.5 Å². The van der Waals surface area contributed by atoms with Gasteiger partial charge in [-0.1, -0.05) is 12.1 Å². The summed E-state index contributed by atoms with van der Waals surface area (Å²) in [4.78, 5) is 6.82. The smallest absolute Gasteiger partial charge is 0.422 e. The van der Waals surface area contributed by atoms with Gasteiger partial charge in [0.05, 0.1) is 5.52 Å². The van der Waals surface area contributed by atoms with Crippen molar-refractivity contribution in [2.45, 2.75) is 31.6 Å². The van der Waals surface area contributed by atoms with Gasteiger partial charge in [-0.05, 0) is 37.1 Å². The monoisotopic (exact) mass is 474 g/mol. The van der Waals surface area contributed by atoms with Gasteiger partial charge in [-0.2, -0.15) is 13.2 Å². The number of hydrogen-bond donors (Lipinski definition) is 1. The Hall–Kier alpha value is -3.31. The lowest BCUT2D eigenvalue weighted by molar-refractivity contribution is -0.153. The summed E-state index contributed by atoms with van der Waals surface area (Å²) in [5.74, 6) is -0.939. The molecule has 2 atom stereocenters. The zero-order valence-electron chi connectivity index (χ0n) is 18.3. The van der Waals surface area contributed by atoms with E-state index in [1.807, 2.05) is 22.7 Å². The summed E-state index contributed by atoms with van der Waals surface area (Å²) < 4.78 is 58.1. The summed E-state index contributed by atoms with van der Waals surface area (Å²) in [6.07, 6.45) is -1.67. The third kappa shape index (κ3) is 4.40. The van der Waals surface area contributed by atoms with Crippen LogP contribution >= 0.6 is 0 Å². The SMILES string of the molecule is C[C@@H](c1ccc2nnc(-c3ccc4cc(F)c(OCC(F)(F)F)cc4n3)n2c1)N1CC[C@H](N)C1. The maximum Gasteiger partial charge on any atom is 0.422 e. The molecule has 1 fully saturated rings. The number of likely N-dealkylation sites (tertiary alicyclic amines) is 1. The number of halogens is 4. The molecule has 4 aromatic rings. The predicted octanol–water partition coefficient (Wildman–Crippen LogP) is 4.12. The van der Waals surface area contributed by atoms with Crippen LogP contribution in [0.25, 0.3) is 28.1 Å². The molecule has 3 aromatic heterocycles. The molecule has 1 aliphatic rings. The highest BCUT2D eigenvalue weighted by Crippen LogP contribution is 2.29. The number of hydrogen-bond acceptors (Lipinski definition) is 6. The van der Waals surface area contributed by atoms with Gasteiger partial charge in [0.1, 0.15) is 5.69 Å². The van der Waals surface area contributed by atoms with Crippen LogP contribution in [0.5, 0.6) is 5.75 Å². The van der Waals surface area contributed by atoms with E-state index >= 15 is 0 Å². The Bertz CT molecular complexity index is 1350. The number of benzene rings is 1. The number of pyridine rings is 2. The van der Waals surface area contributed by atoms with Gasteiger partial charge in [-0.3, -0.25) is 9.30 Å². The molecule has 0 radical (unpaired) electrons. The molecule has 34 heavy (non-hydrogen) atoms. The Morgan fingerprint density at radius 2 is 2.00 bits per heavy atom. The van der Waals surface area contributed by atoms with Crippen molar-refractivity contribution in [1.29, 1.82) is 0 Å². The number of alkyl halides is 3. The van der Waals surface area contributed by atoms with Crippen LogP contribution in [0.3, 0.4) is 0 Å². The van der Waals surface area contributed by atoms with E-state index in [2.05, 4.69) is 31.7 Å². The summed E-state index contributed by atoms with van der Waals surface area (Å²) in [6, 6.07) is 9.76. The Kier molecular flexibility index (Phi) is 5.61. The van der Waals surface area contributed by atoms with Crippen molar-refractivity contribution in [2.24, 2.45) is 5.73 Å². The fourth-order valence-corrected chi connectivity index (χ4v) is 4.23. The maximum atomic E-state index is 14.2. The Balaban J connectivity index is 1.50. The first-order valence-electron chi connectivity index (χ1n) is 10.8. The molecule has 1 aromatic carbocycles. The number of aromatic nitrogens is 4. The lowest BCUT2D eigenvalue weighted by Gasteiger charge is -2.24. The molecule has 7 nitrogen and oxygen atoms in total. The van der Waals surface area contributed by atoms with Crippen molar-refractivity contribution in [1.82, 2.24) is 24.5 Å². The van der Waals surface area contributed by atoms with Crippen LogP contribution in [0.1, 0.15) is 24.9 Å². The zero-order chi connectivity index (χ0) is 24.0. The van der Waals surface area contributed by atoms with Crippen molar-refractivity contribution in [3.63, 3.8) is 0 Å². The molecule has 0 unspecified atom stereocenters. The van der Waals surface area contributed by atoms with Gasteiger partial charge in [-0.15, -0.1) is 10.2 Å². The van der Waals surface area contributed by atoms with Crippen LogP contribution in [0.4, 0.5) is 17.6 Å². The first kappa shape index (κ1) is 22.5. The maximum absolute atomic E-state index is 14.2. The Morgan fingerprint density at radius 1 is 1.18 bits per heavy atom. The van der Waals surface area contributed by atoms with Crippen molar-refractivity contribution >= 4 is 16.6 Å². The number of nitrogens with two attached hydrogens (primary N) is 1. The van der Waals surface area contributed by atoms with E-state index in [1.165, 1.54) is 0 Å². The fourth-order valence-electron chi connectivity index (χ4n) is 4.23. The summed E-state index contributed by atoms with van der Waals surface area (Å²) in [7, 11) is 0. The van der Waals surface area contributed by atoms with E-state index in [-0.39, 0.29) is 17.6 Å². The zero-order valence-corrected chi connectivity index (χ0v) is 18.3. The van der Waals surface area contributed by atoms with Gasteiger partial charge < -0.3 is 10.5 Å². The van der Waals surface area contributed by atoms with E-state index < -0.39 is 24.3 Å². The van der Waals surface area contributed by atoms with Crippen LogP contribution in [0.15, 0.2) is 42.6 Å². The molecular weight excluding hydrogens is 452 g/mol. The second kappa shape index (κ2) is 8.48. The highest BCUT2D eigenvalue weighted by molar-refractivity contribution is 5.82. The third-order valence-corrected chi connectivity index (χ3v) is 6.07. The summed E-state index contributed by atoms with van der Waals surface area (Å²) >= 11 is 0. The van der Waals surface area contributed by atoms with E-state index in [0.29, 0.717) is 22.6 Å². The molecule has 0 amide bonds. The van der Waals surface area contributed by atoms with Crippen LogP contribution in [-0.2, 0) is 0 Å². The molecular formula is C23H22F4N6O. The predicted molar refractivity (Wildman–Crippen MR) is 118 cm³/mol. The first-order chi connectivity index (χ1) is 16.2. The number of rotatable bonds is 5. The van der Waals surface area contributed by atoms with Crippen LogP contribution in [0.2, 0.25) is 0 Å². The van der Waals surface area contributed by atoms with Gasteiger partial charge in [0.2, 0.25) is 0 Å². The molecule has 178 valence electrons. The van der Waals surface area contributed by atoms with Crippen molar-refractivity contribution < 1.29 is 22.3 Å². The average Bonchev–Trinajstić information content (AvgIpc) is 3.42. The Morgan fingerprint density at radius 3 is 2.74 bits per heavy atom. The number of fused-ring (bicyclic) bond motifs is 2. The molecule has 1 saturated heterocycles. The molecule has 11 heteroatoms. The largest absolute Gasteiger partial charge is 0.481 e. The van der Waals surface area contributed by atoms with Gasteiger partial charge in [0.25, 0.3) is 0 Å². The highest BCUT2D eigenvalue weighted by atomic mass is 19.4. The van der Waals surface area contributed by atoms with Crippen molar-refractivity contribution in [3.8, 4) is 17.3 Å². The summed E-state index contributed by atoms with van der Waals surface area (Å²) in [5, 5.41) is 8.88. The molecule has 1 aliphatic heterocycles. The average molecular weight is 474 g/mol. The quantitative estimate of drug-likeness (QED) is 0.439. The number of ether oxygens (including phenoxy) is 1. The van der Waals surface area contributed by atoms with Crippen LogP contribution in [0, 0.1) is 5.82 Å². The van der Waals surface area contributed by atoms with E-state index in [0.717, 1.165) is 37.2 Å². The summed E-state index contributed by atoms with van der Waals surface area (Å²) in [6.45, 7) is 2.29. The van der Waals surface area contributed by atoms with Crippen LogP contribution in [-0.4, -0.2) is 56.4 Å². The lowest BCUT2D eigenvalue weighted by atomic mass is 10.1. The van der Waals surface area contributed by atoms with E-state index in [1.54, 1.807) is 12.1 Å². The van der Waals surface area contributed by atoms with Crippen molar-refractivity contribution in [2.75, 3.05) is 19.7 Å². The third-order valence-electron chi connectivity index (χ3n) is 6.07. The first-order valence-corrected chi connectivity index (χ1v) is 10.8. The van der Waals surface area contributed by atoms with Gasteiger partial charge in [-0.25, -0.2) is 9.37 Å². The molecule has 0 saturated carbocycles. The van der Waals surface area contributed by atoms with Gasteiger partial charge in [0.15, 0.2) is 29.6 Å². The second-order valence-electron chi connectivity index (χ2n) is 8.51. The van der Waals surface area contributed by atoms with Gasteiger partial charge >= 0.3 is 6.18 Å². The van der Waals surface area contributed by atoms with E-state index in [4.69, 9.17) is 5.73 Å². The molecule has 2 N–H and O–H groups in total. The Labute approximate surface area is 192 Å². The normalized spacial score (nSPS) is 18.1. The fraction of sp³-hybridized carbons (Fsp3) is 0.348. The molecule has 0 bridgehead atoms. The molecule has 0 spiro atoms. The highest BCUT2D eigenvalue weighted by Gasteiger charge is 2.29. The van der Waals surface area contributed by atoms with Gasteiger partial charge in [0, 0.05) is 42.8 Å².